The summed E-state index contributed by atoms with van der Waals surface area (Å²) in [5.74, 6) is -0.843. The minimum absolute atomic E-state index is 0.00174. The number of unbranched alkanes of at least 4 members (excludes halogenated alkanes) is 1. The molecule has 7 nitrogen and oxygen atoms in total. The van der Waals surface area contributed by atoms with Gasteiger partial charge in [-0.3, -0.25) is 13.9 Å². The number of sulfonamides is 1. The van der Waals surface area contributed by atoms with E-state index in [2.05, 4.69) is 5.32 Å². The Morgan fingerprint density at radius 3 is 2.23 bits per heavy atom. The van der Waals surface area contributed by atoms with Crippen molar-refractivity contribution in [1.82, 2.24) is 10.2 Å². The maximum Gasteiger partial charge on any atom is 0.264 e. The maximum absolute atomic E-state index is 14.0. The van der Waals surface area contributed by atoms with E-state index in [1.807, 2.05) is 20.8 Å². The van der Waals surface area contributed by atoms with Crippen LogP contribution in [-0.2, 0) is 26.2 Å². The summed E-state index contributed by atoms with van der Waals surface area (Å²) < 4.78 is 28.8. The van der Waals surface area contributed by atoms with Gasteiger partial charge in [-0.15, -0.1) is 0 Å². The minimum atomic E-state index is -4.11. The summed E-state index contributed by atoms with van der Waals surface area (Å²) in [6.07, 6.45) is 2.03. The lowest BCUT2D eigenvalue weighted by Gasteiger charge is -2.33. The summed E-state index contributed by atoms with van der Waals surface area (Å²) in [6, 6.07) is 19.0. The van der Waals surface area contributed by atoms with Crippen LogP contribution in [0.15, 0.2) is 77.7 Å². The number of hydrogen-bond donors (Lipinski definition) is 1. The molecule has 10 heteroatoms. The molecule has 0 bridgehead atoms. The molecule has 0 radical (unpaired) electrons. The molecular weight excluding hydrogens is 569 g/mol. The maximum atomic E-state index is 14.0. The molecule has 3 aromatic carbocycles. The van der Waals surface area contributed by atoms with Crippen LogP contribution in [0.4, 0.5) is 5.69 Å². The molecule has 0 aromatic heterocycles. The smallest absolute Gasteiger partial charge is 0.264 e. The van der Waals surface area contributed by atoms with Crippen LogP contribution in [0.5, 0.6) is 0 Å². The van der Waals surface area contributed by atoms with Gasteiger partial charge in [-0.05, 0) is 61.7 Å². The van der Waals surface area contributed by atoms with Crippen LogP contribution in [0, 0.1) is 6.92 Å². The third-order valence-electron chi connectivity index (χ3n) is 6.50. The molecule has 0 aliphatic rings. The van der Waals surface area contributed by atoms with Crippen molar-refractivity contribution in [2.45, 2.75) is 57.5 Å². The zero-order valence-corrected chi connectivity index (χ0v) is 25.3. The summed E-state index contributed by atoms with van der Waals surface area (Å²) in [5, 5.41) is 3.69. The molecule has 0 unspecified atom stereocenters. The Labute approximate surface area is 247 Å². The van der Waals surface area contributed by atoms with E-state index in [-0.39, 0.29) is 17.3 Å². The second kappa shape index (κ2) is 14.5. The first-order valence-electron chi connectivity index (χ1n) is 13.2. The summed E-state index contributed by atoms with van der Waals surface area (Å²) in [5.41, 5.74) is 1.83. The highest BCUT2D eigenvalue weighted by Gasteiger charge is 2.33. The van der Waals surface area contributed by atoms with Crippen LogP contribution in [0.25, 0.3) is 0 Å². The fraction of sp³-hybridized carbons (Fsp3) is 0.333. The SMILES string of the molecule is CCCCNC(=O)[C@H](CC)N(Cc1ccc(Cl)cc1Cl)C(=O)CN(c1ccccc1)S(=O)(=O)c1ccc(C)cc1. The number of nitrogens with zero attached hydrogens (tertiary/aromatic N) is 2. The highest BCUT2D eigenvalue weighted by molar-refractivity contribution is 7.92. The Morgan fingerprint density at radius 1 is 0.950 bits per heavy atom. The first-order chi connectivity index (χ1) is 19.1. The predicted octanol–water partition coefficient (Wildman–Crippen LogP) is 6.22. The molecule has 2 amide bonds. The molecule has 1 atom stereocenters. The molecule has 0 spiro atoms. The van der Waals surface area contributed by atoms with Gasteiger partial charge in [0.15, 0.2) is 0 Å². The highest BCUT2D eigenvalue weighted by Crippen LogP contribution is 2.27. The number of nitrogens with one attached hydrogen (secondary N) is 1. The second-order valence-corrected chi connectivity index (χ2v) is 12.2. The summed E-state index contributed by atoms with van der Waals surface area (Å²) in [4.78, 5) is 28.7. The second-order valence-electron chi connectivity index (χ2n) is 9.49. The van der Waals surface area contributed by atoms with E-state index in [0.29, 0.717) is 34.3 Å². The van der Waals surface area contributed by atoms with Crippen molar-refractivity contribution in [2.75, 3.05) is 17.4 Å². The number of carbonyl (C=O) groups excluding carboxylic acids is 2. The fourth-order valence-electron chi connectivity index (χ4n) is 4.22. The molecule has 0 heterocycles. The molecule has 0 aliphatic carbocycles. The van der Waals surface area contributed by atoms with Crippen LogP contribution in [-0.4, -0.2) is 44.3 Å². The first-order valence-corrected chi connectivity index (χ1v) is 15.4. The number of carbonyl (C=O) groups is 2. The molecule has 3 rings (SSSR count). The van der Waals surface area contributed by atoms with Crippen molar-refractivity contribution < 1.29 is 18.0 Å². The molecule has 0 saturated carbocycles. The number of aryl methyl sites for hydroxylation is 1. The Bertz CT molecular complexity index is 1400. The lowest BCUT2D eigenvalue weighted by Crippen LogP contribution is -2.52. The van der Waals surface area contributed by atoms with Crippen LogP contribution >= 0.6 is 23.2 Å². The van der Waals surface area contributed by atoms with Crippen LogP contribution in [0.3, 0.4) is 0 Å². The zero-order valence-electron chi connectivity index (χ0n) is 22.9. The number of hydrogen-bond acceptors (Lipinski definition) is 4. The van der Waals surface area contributed by atoms with Gasteiger partial charge in [-0.2, -0.15) is 0 Å². The summed E-state index contributed by atoms with van der Waals surface area (Å²) in [7, 11) is -4.11. The standard InChI is InChI=1S/C30H35Cl2N3O4S/c1-4-6-18-33-30(37)28(5-2)34(20-23-14-15-24(31)19-27(23)32)29(36)21-35(25-10-8-7-9-11-25)40(38,39)26-16-12-22(3)13-17-26/h7-17,19,28H,4-6,18,20-21H2,1-3H3,(H,33,37)/t28-/m0/s1. The van der Waals surface area contributed by atoms with Crippen molar-refractivity contribution in [3.8, 4) is 0 Å². The largest absolute Gasteiger partial charge is 0.354 e. The van der Waals surface area contributed by atoms with Gasteiger partial charge in [0.1, 0.15) is 12.6 Å². The van der Waals surface area contributed by atoms with Gasteiger partial charge in [-0.1, -0.05) is 85.4 Å². The summed E-state index contributed by atoms with van der Waals surface area (Å²) >= 11 is 12.5. The quantitative estimate of drug-likeness (QED) is 0.235. The van der Waals surface area contributed by atoms with Crippen molar-refractivity contribution >= 4 is 50.7 Å². The molecular formula is C30H35Cl2N3O4S. The fourth-order valence-corrected chi connectivity index (χ4v) is 6.10. The topological polar surface area (TPSA) is 86.8 Å². The van der Waals surface area contributed by atoms with Crippen LogP contribution < -0.4 is 9.62 Å². The molecule has 0 saturated heterocycles. The zero-order chi connectivity index (χ0) is 29.3. The van der Waals surface area contributed by atoms with Gasteiger partial charge in [0, 0.05) is 23.1 Å². The normalized spacial score (nSPS) is 12.0. The monoisotopic (exact) mass is 603 g/mol. The number of anilines is 1. The van der Waals surface area contributed by atoms with Gasteiger partial charge in [0.2, 0.25) is 11.8 Å². The molecule has 1 N–H and O–H groups in total. The van der Waals surface area contributed by atoms with E-state index in [1.54, 1.807) is 60.7 Å². The number of rotatable bonds is 13. The van der Waals surface area contributed by atoms with Crippen LogP contribution in [0.1, 0.15) is 44.2 Å². The highest BCUT2D eigenvalue weighted by atomic mass is 35.5. The summed E-state index contributed by atoms with van der Waals surface area (Å²) in [6.45, 7) is 5.67. The lowest BCUT2D eigenvalue weighted by atomic mass is 10.1. The number of halogens is 2. The average Bonchev–Trinajstić information content (AvgIpc) is 2.93. The van der Waals surface area contributed by atoms with Crippen molar-refractivity contribution in [2.24, 2.45) is 0 Å². The van der Waals surface area contributed by atoms with Crippen molar-refractivity contribution in [1.29, 1.82) is 0 Å². The van der Waals surface area contributed by atoms with Gasteiger partial charge in [0.05, 0.1) is 10.6 Å². The number of para-hydroxylation sites is 1. The Balaban J connectivity index is 2.03. The van der Waals surface area contributed by atoms with E-state index >= 15 is 0 Å². The number of amides is 2. The van der Waals surface area contributed by atoms with Crippen molar-refractivity contribution in [3.63, 3.8) is 0 Å². The van der Waals surface area contributed by atoms with E-state index < -0.39 is 28.5 Å². The Hall–Kier alpha value is -3.07. The predicted molar refractivity (Wildman–Crippen MR) is 161 cm³/mol. The van der Waals surface area contributed by atoms with Crippen molar-refractivity contribution in [3.05, 3.63) is 94.0 Å². The minimum Gasteiger partial charge on any atom is -0.354 e. The molecule has 3 aromatic rings. The lowest BCUT2D eigenvalue weighted by molar-refractivity contribution is -0.140. The Morgan fingerprint density at radius 2 is 1.62 bits per heavy atom. The molecule has 0 aliphatic heterocycles. The van der Waals surface area contributed by atoms with E-state index in [0.717, 1.165) is 22.7 Å². The molecule has 214 valence electrons. The van der Waals surface area contributed by atoms with Gasteiger partial charge < -0.3 is 10.2 Å². The number of benzene rings is 3. The van der Waals surface area contributed by atoms with Crippen LogP contribution in [0.2, 0.25) is 10.0 Å². The molecule has 40 heavy (non-hydrogen) atoms. The first kappa shape index (κ1) is 31.5. The van der Waals surface area contributed by atoms with Gasteiger partial charge in [0.25, 0.3) is 10.0 Å². The third-order valence-corrected chi connectivity index (χ3v) is 8.88. The third kappa shape index (κ3) is 7.99. The van der Waals surface area contributed by atoms with Gasteiger partial charge in [-0.25, -0.2) is 8.42 Å². The Kier molecular flexibility index (Phi) is 11.4. The van der Waals surface area contributed by atoms with E-state index in [4.69, 9.17) is 23.2 Å². The average molecular weight is 605 g/mol. The van der Waals surface area contributed by atoms with E-state index in [1.165, 1.54) is 17.0 Å². The van der Waals surface area contributed by atoms with Gasteiger partial charge >= 0.3 is 0 Å². The van der Waals surface area contributed by atoms with E-state index in [9.17, 15) is 18.0 Å². The molecule has 0 fully saturated rings.